The number of hydrogen-bond acceptors (Lipinski definition) is 4. The molecule has 0 atom stereocenters. The molecule has 0 aliphatic heterocycles. The summed E-state index contributed by atoms with van der Waals surface area (Å²) in [7, 11) is -4.01. The van der Waals surface area contributed by atoms with Crippen LogP contribution >= 0.6 is 0 Å². The fourth-order valence-corrected chi connectivity index (χ4v) is 3.19. The average Bonchev–Trinajstić information content (AvgIpc) is 2.47. The Balaban J connectivity index is 2.47. The van der Waals surface area contributed by atoms with Crippen molar-refractivity contribution < 1.29 is 23.1 Å². The van der Waals surface area contributed by atoms with Gasteiger partial charge in [-0.25, -0.2) is 13.2 Å². The van der Waals surface area contributed by atoms with E-state index in [0.29, 0.717) is 5.56 Å². The van der Waals surface area contributed by atoms with Crippen LogP contribution in [0.5, 0.6) is 0 Å². The molecule has 2 N–H and O–H groups in total. The van der Waals surface area contributed by atoms with Crippen LogP contribution in [0, 0.1) is 6.92 Å². The topological polar surface area (TPSA) is 101 Å². The number of ketones is 1. The third kappa shape index (κ3) is 3.57. The molecule has 23 heavy (non-hydrogen) atoms. The number of hydrogen-bond donors (Lipinski definition) is 2. The molecule has 2 aromatic rings. The van der Waals surface area contributed by atoms with Crippen molar-refractivity contribution in [3.05, 3.63) is 59.2 Å². The van der Waals surface area contributed by atoms with E-state index in [1.807, 2.05) is 0 Å². The molecular formula is C16H15NO5S. The molecule has 0 aromatic heterocycles. The molecule has 0 saturated carbocycles. The first-order valence-corrected chi connectivity index (χ1v) is 8.17. The van der Waals surface area contributed by atoms with Gasteiger partial charge in [0.25, 0.3) is 10.0 Å². The summed E-state index contributed by atoms with van der Waals surface area (Å²) in [6.45, 7) is 2.92. The Hall–Kier alpha value is -2.67. The van der Waals surface area contributed by atoms with Crippen LogP contribution in [0.1, 0.15) is 33.2 Å². The number of benzene rings is 2. The Morgan fingerprint density at radius 2 is 1.70 bits per heavy atom. The third-order valence-electron chi connectivity index (χ3n) is 3.30. The fourth-order valence-electron chi connectivity index (χ4n) is 2.08. The number of carbonyl (C=O) groups excluding carboxylic acids is 1. The molecule has 6 nitrogen and oxygen atoms in total. The van der Waals surface area contributed by atoms with Crippen molar-refractivity contribution in [2.24, 2.45) is 0 Å². The lowest BCUT2D eigenvalue weighted by Crippen LogP contribution is -2.16. The van der Waals surface area contributed by atoms with Gasteiger partial charge in [-0.15, -0.1) is 0 Å². The molecule has 0 saturated heterocycles. The second-order valence-electron chi connectivity index (χ2n) is 4.99. The van der Waals surface area contributed by atoms with Gasteiger partial charge >= 0.3 is 5.97 Å². The second kappa shape index (κ2) is 6.21. The molecular weight excluding hydrogens is 318 g/mol. The number of carboxylic acids is 1. The van der Waals surface area contributed by atoms with Crippen molar-refractivity contribution in [1.82, 2.24) is 0 Å². The van der Waals surface area contributed by atoms with E-state index in [1.165, 1.54) is 31.2 Å². The highest BCUT2D eigenvalue weighted by atomic mass is 32.2. The van der Waals surface area contributed by atoms with Crippen molar-refractivity contribution in [1.29, 1.82) is 0 Å². The summed E-state index contributed by atoms with van der Waals surface area (Å²) in [4.78, 5) is 22.5. The second-order valence-corrected chi connectivity index (χ2v) is 6.67. The zero-order chi connectivity index (χ0) is 17.2. The maximum absolute atomic E-state index is 12.4. The van der Waals surface area contributed by atoms with Crippen LogP contribution in [0.25, 0.3) is 0 Å². The lowest BCUT2D eigenvalue weighted by molar-refractivity contribution is 0.0695. The molecule has 0 fully saturated rings. The van der Waals surface area contributed by atoms with E-state index >= 15 is 0 Å². The Morgan fingerprint density at radius 3 is 2.30 bits per heavy atom. The van der Waals surface area contributed by atoms with Gasteiger partial charge in [0.1, 0.15) is 0 Å². The van der Waals surface area contributed by atoms with Gasteiger partial charge in [-0.2, -0.15) is 0 Å². The van der Waals surface area contributed by atoms with E-state index in [4.69, 9.17) is 5.11 Å². The van der Waals surface area contributed by atoms with Gasteiger partial charge in [0.15, 0.2) is 5.78 Å². The van der Waals surface area contributed by atoms with E-state index in [1.54, 1.807) is 19.1 Å². The maximum atomic E-state index is 12.4. The minimum atomic E-state index is -4.01. The standard InChI is InChI=1S/C16H15NO5S/c1-10-7-8-12(9-14(10)16(19)20)23(21,22)17-15-6-4-3-5-13(15)11(2)18/h3-9,17H,1-2H3,(H,19,20). The van der Waals surface area contributed by atoms with Crippen molar-refractivity contribution in [3.63, 3.8) is 0 Å². The largest absolute Gasteiger partial charge is 0.478 e. The summed E-state index contributed by atoms with van der Waals surface area (Å²) in [5.41, 5.74) is 0.757. The number of anilines is 1. The smallest absolute Gasteiger partial charge is 0.335 e. The van der Waals surface area contributed by atoms with Gasteiger partial charge in [-0.05, 0) is 43.7 Å². The van der Waals surface area contributed by atoms with Gasteiger partial charge in [-0.3, -0.25) is 9.52 Å². The normalized spacial score (nSPS) is 11.0. The van der Waals surface area contributed by atoms with Crippen LogP contribution in [0.15, 0.2) is 47.4 Å². The van der Waals surface area contributed by atoms with Crippen molar-refractivity contribution in [2.45, 2.75) is 18.7 Å². The summed E-state index contributed by atoms with van der Waals surface area (Å²) in [6.07, 6.45) is 0. The van der Waals surface area contributed by atoms with E-state index < -0.39 is 16.0 Å². The molecule has 7 heteroatoms. The Morgan fingerprint density at radius 1 is 1.04 bits per heavy atom. The van der Waals surface area contributed by atoms with Crippen LogP contribution in [0.2, 0.25) is 0 Å². The minimum absolute atomic E-state index is 0.0901. The van der Waals surface area contributed by atoms with E-state index in [2.05, 4.69) is 4.72 Å². The number of rotatable bonds is 5. The van der Waals surface area contributed by atoms with Crippen LogP contribution in [-0.4, -0.2) is 25.3 Å². The number of nitrogens with one attached hydrogen (secondary N) is 1. The summed E-state index contributed by atoms with van der Waals surface area (Å²) < 4.78 is 27.2. The van der Waals surface area contributed by atoms with Crippen LogP contribution in [-0.2, 0) is 10.0 Å². The number of carboxylic acid groups (broad SMARTS) is 1. The molecule has 0 radical (unpaired) electrons. The highest BCUT2D eigenvalue weighted by molar-refractivity contribution is 7.92. The SMILES string of the molecule is CC(=O)c1ccccc1NS(=O)(=O)c1ccc(C)c(C(=O)O)c1. The molecule has 0 heterocycles. The van der Waals surface area contributed by atoms with Gasteiger partial charge in [0.2, 0.25) is 0 Å². The first-order valence-electron chi connectivity index (χ1n) is 6.69. The summed E-state index contributed by atoms with van der Waals surface area (Å²) >= 11 is 0. The highest BCUT2D eigenvalue weighted by Crippen LogP contribution is 2.22. The van der Waals surface area contributed by atoms with Crippen LogP contribution < -0.4 is 4.72 Å². The third-order valence-corrected chi connectivity index (χ3v) is 4.66. The van der Waals surface area contributed by atoms with E-state index in [-0.39, 0.29) is 27.5 Å². The predicted octanol–water partition coefficient (Wildman–Crippen LogP) is 2.70. The molecule has 0 unspecified atom stereocenters. The molecule has 2 rings (SSSR count). The number of carbonyl (C=O) groups is 2. The summed E-state index contributed by atoms with van der Waals surface area (Å²) in [5, 5.41) is 9.10. The molecule has 0 aliphatic rings. The molecule has 0 amide bonds. The molecule has 0 aliphatic carbocycles. The average molecular weight is 333 g/mol. The fraction of sp³-hybridized carbons (Fsp3) is 0.125. The Kier molecular flexibility index (Phi) is 4.51. The highest BCUT2D eigenvalue weighted by Gasteiger charge is 2.19. The van der Waals surface area contributed by atoms with Crippen molar-refractivity contribution in [2.75, 3.05) is 4.72 Å². The lowest BCUT2D eigenvalue weighted by Gasteiger charge is -2.12. The van der Waals surface area contributed by atoms with Gasteiger partial charge in [0.05, 0.1) is 16.1 Å². The number of sulfonamides is 1. The number of Topliss-reactive ketones (excluding diaryl/α,β-unsaturated/α-hetero) is 1. The van der Waals surface area contributed by atoms with Crippen LogP contribution in [0.3, 0.4) is 0 Å². The molecule has 0 bridgehead atoms. The van der Waals surface area contributed by atoms with Crippen LogP contribution in [0.4, 0.5) is 5.69 Å². The quantitative estimate of drug-likeness (QED) is 0.819. The number of para-hydroxylation sites is 1. The van der Waals surface area contributed by atoms with Crippen molar-refractivity contribution in [3.8, 4) is 0 Å². The monoisotopic (exact) mass is 333 g/mol. The summed E-state index contributed by atoms with van der Waals surface area (Å²) in [5.74, 6) is -1.48. The van der Waals surface area contributed by atoms with Crippen molar-refractivity contribution >= 4 is 27.5 Å². The molecule has 120 valence electrons. The lowest BCUT2D eigenvalue weighted by atomic mass is 10.1. The zero-order valence-electron chi connectivity index (χ0n) is 12.5. The predicted molar refractivity (Wildman–Crippen MR) is 85.4 cm³/mol. The molecule has 2 aromatic carbocycles. The number of aromatic carboxylic acids is 1. The minimum Gasteiger partial charge on any atom is -0.478 e. The van der Waals surface area contributed by atoms with Gasteiger partial charge < -0.3 is 5.11 Å². The number of aryl methyl sites for hydroxylation is 1. The van der Waals surface area contributed by atoms with Gasteiger partial charge in [-0.1, -0.05) is 18.2 Å². The maximum Gasteiger partial charge on any atom is 0.335 e. The van der Waals surface area contributed by atoms with E-state index in [9.17, 15) is 18.0 Å². The summed E-state index contributed by atoms with van der Waals surface area (Å²) in [6, 6.07) is 10.1. The first-order chi connectivity index (χ1) is 10.7. The van der Waals surface area contributed by atoms with Gasteiger partial charge in [0, 0.05) is 5.56 Å². The Bertz CT molecular complexity index is 887. The zero-order valence-corrected chi connectivity index (χ0v) is 13.3. The Labute approximate surface area is 133 Å². The molecule has 0 spiro atoms. The van der Waals surface area contributed by atoms with E-state index in [0.717, 1.165) is 6.07 Å². The first kappa shape index (κ1) is 16.7.